The largest absolute Gasteiger partial charge is 0.507 e. The Morgan fingerprint density at radius 2 is 1.84 bits per heavy atom. The van der Waals surface area contributed by atoms with Crippen LogP contribution in [0.2, 0.25) is 0 Å². The topological polar surface area (TPSA) is 37.3 Å². The van der Waals surface area contributed by atoms with Gasteiger partial charge in [0.1, 0.15) is 5.75 Å². The summed E-state index contributed by atoms with van der Waals surface area (Å²) < 4.78 is 0. The lowest BCUT2D eigenvalue weighted by Crippen LogP contribution is -1.98. The first-order chi connectivity index (χ1) is 9.08. The normalized spacial score (nSPS) is 10.8. The summed E-state index contributed by atoms with van der Waals surface area (Å²) in [6.07, 6.45) is 3.13. The number of phenols is 1. The van der Waals surface area contributed by atoms with Crippen LogP contribution in [0.1, 0.15) is 27.0 Å². The summed E-state index contributed by atoms with van der Waals surface area (Å²) in [5.74, 6) is 0.118. The van der Waals surface area contributed by atoms with Gasteiger partial charge in [0, 0.05) is 11.1 Å². The molecule has 0 aliphatic rings. The molecule has 19 heavy (non-hydrogen) atoms. The van der Waals surface area contributed by atoms with Gasteiger partial charge in [-0.15, -0.1) is 0 Å². The molecule has 0 radical (unpaired) electrons. The van der Waals surface area contributed by atoms with Crippen LogP contribution in [0.15, 0.2) is 48.5 Å². The second-order valence-electron chi connectivity index (χ2n) is 4.57. The number of carbonyl (C=O) groups is 1. The van der Waals surface area contributed by atoms with Gasteiger partial charge in [-0.2, -0.15) is 0 Å². The summed E-state index contributed by atoms with van der Waals surface area (Å²) in [5.41, 5.74) is 3.43. The summed E-state index contributed by atoms with van der Waals surface area (Å²) >= 11 is 0. The predicted molar refractivity (Wildman–Crippen MR) is 77.4 cm³/mol. The molecule has 0 aliphatic heterocycles. The molecule has 2 nitrogen and oxygen atoms in total. The van der Waals surface area contributed by atoms with E-state index < -0.39 is 0 Å². The molecule has 0 heterocycles. The average molecular weight is 252 g/mol. The van der Waals surface area contributed by atoms with Gasteiger partial charge in [0.2, 0.25) is 0 Å². The third-order valence-corrected chi connectivity index (χ3v) is 3.00. The van der Waals surface area contributed by atoms with Crippen molar-refractivity contribution in [2.45, 2.75) is 13.8 Å². The summed E-state index contributed by atoms with van der Waals surface area (Å²) in [5, 5.41) is 9.62. The SMILES string of the molecule is Cc1ccc(C(=O)/C=C\c2ccccc2O)c(C)c1. The van der Waals surface area contributed by atoms with Crippen molar-refractivity contribution >= 4 is 11.9 Å². The number of allylic oxidation sites excluding steroid dienone is 1. The van der Waals surface area contributed by atoms with Crippen LogP contribution >= 0.6 is 0 Å². The Kier molecular flexibility index (Phi) is 3.81. The molecule has 0 unspecified atom stereocenters. The maximum atomic E-state index is 12.1. The smallest absolute Gasteiger partial charge is 0.186 e. The fourth-order valence-corrected chi connectivity index (χ4v) is 1.97. The van der Waals surface area contributed by atoms with Gasteiger partial charge in [-0.1, -0.05) is 42.0 Å². The van der Waals surface area contributed by atoms with Crippen LogP contribution in [-0.2, 0) is 0 Å². The quantitative estimate of drug-likeness (QED) is 0.664. The Morgan fingerprint density at radius 3 is 2.53 bits per heavy atom. The molecule has 0 bridgehead atoms. The molecule has 0 fully saturated rings. The summed E-state index contributed by atoms with van der Waals surface area (Å²) in [6, 6.07) is 12.7. The van der Waals surface area contributed by atoms with Crippen molar-refractivity contribution < 1.29 is 9.90 Å². The van der Waals surface area contributed by atoms with E-state index in [-0.39, 0.29) is 11.5 Å². The van der Waals surface area contributed by atoms with Crippen molar-refractivity contribution in [3.05, 3.63) is 70.8 Å². The summed E-state index contributed by atoms with van der Waals surface area (Å²) in [4.78, 5) is 12.1. The molecule has 0 aromatic heterocycles. The van der Waals surface area contributed by atoms with Gasteiger partial charge < -0.3 is 5.11 Å². The first-order valence-electron chi connectivity index (χ1n) is 6.15. The second kappa shape index (κ2) is 5.53. The molecule has 0 saturated carbocycles. The summed E-state index contributed by atoms with van der Waals surface area (Å²) in [6.45, 7) is 3.92. The number of aromatic hydroxyl groups is 1. The molecule has 0 saturated heterocycles. The number of carbonyl (C=O) groups excluding carboxylic acids is 1. The van der Waals surface area contributed by atoms with Gasteiger partial charge in [-0.3, -0.25) is 4.79 Å². The minimum atomic E-state index is -0.0549. The van der Waals surface area contributed by atoms with Gasteiger partial charge >= 0.3 is 0 Å². The van der Waals surface area contributed by atoms with E-state index in [0.29, 0.717) is 11.1 Å². The monoisotopic (exact) mass is 252 g/mol. The number of phenolic OH excluding ortho intramolecular Hbond substituents is 1. The van der Waals surface area contributed by atoms with E-state index in [1.165, 1.54) is 6.08 Å². The Morgan fingerprint density at radius 1 is 1.11 bits per heavy atom. The van der Waals surface area contributed by atoms with Crippen LogP contribution < -0.4 is 0 Å². The molecule has 0 atom stereocenters. The van der Waals surface area contributed by atoms with Crippen LogP contribution in [0.25, 0.3) is 6.08 Å². The van der Waals surface area contributed by atoms with E-state index in [4.69, 9.17) is 0 Å². The molecule has 0 amide bonds. The maximum Gasteiger partial charge on any atom is 0.186 e. The lowest BCUT2D eigenvalue weighted by Gasteiger charge is -2.03. The van der Waals surface area contributed by atoms with E-state index in [1.54, 1.807) is 24.3 Å². The number of hydrogen-bond acceptors (Lipinski definition) is 2. The van der Waals surface area contributed by atoms with E-state index >= 15 is 0 Å². The van der Waals surface area contributed by atoms with E-state index in [2.05, 4.69) is 0 Å². The highest BCUT2D eigenvalue weighted by Crippen LogP contribution is 2.18. The molecule has 2 aromatic rings. The van der Waals surface area contributed by atoms with Crippen LogP contribution in [0, 0.1) is 13.8 Å². The first kappa shape index (κ1) is 13.1. The average Bonchev–Trinajstić information content (AvgIpc) is 2.37. The third-order valence-electron chi connectivity index (χ3n) is 3.00. The van der Waals surface area contributed by atoms with E-state index in [0.717, 1.165) is 11.1 Å². The molecule has 1 N–H and O–H groups in total. The first-order valence-corrected chi connectivity index (χ1v) is 6.15. The highest BCUT2D eigenvalue weighted by molar-refractivity contribution is 6.07. The van der Waals surface area contributed by atoms with Gasteiger partial charge in [0.05, 0.1) is 0 Å². The zero-order chi connectivity index (χ0) is 13.8. The fourth-order valence-electron chi connectivity index (χ4n) is 1.97. The van der Waals surface area contributed by atoms with Gasteiger partial charge in [0.25, 0.3) is 0 Å². The van der Waals surface area contributed by atoms with Gasteiger partial charge in [-0.25, -0.2) is 0 Å². The predicted octanol–water partition coefficient (Wildman–Crippen LogP) is 3.91. The van der Waals surface area contributed by atoms with Crippen LogP contribution in [-0.4, -0.2) is 10.9 Å². The van der Waals surface area contributed by atoms with E-state index in [9.17, 15) is 9.90 Å². The Hall–Kier alpha value is -2.35. The standard InChI is InChI=1S/C17H16O2/c1-12-7-9-15(13(2)11-12)17(19)10-8-14-5-3-4-6-16(14)18/h3-11,18H,1-2H3/b10-8-. The number of rotatable bonds is 3. The number of aryl methyl sites for hydroxylation is 2. The zero-order valence-electron chi connectivity index (χ0n) is 11.1. The van der Waals surface area contributed by atoms with E-state index in [1.807, 2.05) is 38.1 Å². The van der Waals surface area contributed by atoms with Gasteiger partial charge in [-0.05, 0) is 37.6 Å². The van der Waals surface area contributed by atoms with Crippen molar-refractivity contribution in [2.24, 2.45) is 0 Å². The van der Waals surface area contributed by atoms with Crippen LogP contribution in [0.3, 0.4) is 0 Å². The number of benzene rings is 2. The molecule has 2 aromatic carbocycles. The maximum absolute atomic E-state index is 12.1. The zero-order valence-corrected chi connectivity index (χ0v) is 11.1. The molecule has 2 heteroatoms. The fraction of sp³-hybridized carbons (Fsp3) is 0.118. The van der Waals surface area contributed by atoms with Crippen molar-refractivity contribution in [1.29, 1.82) is 0 Å². The van der Waals surface area contributed by atoms with Gasteiger partial charge in [0.15, 0.2) is 5.78 Å². The number of ketones is 1. The molecule has 2 rings (SSSR count). The van der Waals surface area contributed by atoms with Crippen molar-refractivity contribution in [3.8, 4) is 5.75 Å². The summed E-state index contributed by atoms with van der Waals surface area (Å²) in [7, 11) is 0. The minimum absolute atomic E-state index is 0.0549. The highest BCUT2D eigenvalue weighted by Gasteiger charge is 2.05. The highest BCUT2D eigenvalue weighted by atomic mass is 16.3. The molecular weight excluding hydrogens is 236 g/mol. The minimum Gasteiger partial charge on any atom is -0.507 e. The third kappa shape index (κ3) is 3.10. The van der Waals surface area contributed by atoms with Crippen molar-refractivity contribution in [2.75, 3.05) is 0 Å². The Bertz CT molecular complexity index is 639. The van der Waals surface area contributed by atoms with Crippen LogP contribution in [0.4, 0.5) is 0 Å². The Labute approximate surface area is 113 Å². The second-order valence-corrected chi connectivity index (χ2v) is 4.57. The lowest BCUT2D eigenvalue weighted by atomic mass is 10.0. The number of hydrogen-bond donors (Lipinski definition) is 1. The molecule has 96 valence electrons. The number of para-hydroxylation sites is 1. The molecule has 0 aliphatic carbocycles. The van der Waals surface area contributed by atoms with Crippen LogP contribution in [0.5, 0.6) is 5.75 Å². The Balaban J connectivity index is 2.24. The van der Waals surface area contributed by atoms with Crippen molar-refractivity contribution in [1.82, 2.24) is 0 Å². The van der Waals surface area contributed by atoms with Crippen molar-refractivity contribution in [3.63, 3.8) is 0 Å². The molecular formula is C17H16O2. The molecule has 0 spiro atoms. The lowest BCUT2D eigenvalue weighted by molar-refractivity contribution is 0.104.